The molecule has 2 aromatic heterocycles. The molecule has 9 heteroatoms. The summed E-state index contributed by atoms with van der Waals surface area (Å²) in [5.74, 6) is -0.290. The molecule has 2 aromatic carbocycles. The normalized spacial score (nSPS) is 15.8. The van der Waals surface area contributed by atoms with Gasteiger partial charge in [0.05, 0.1) is 11.3 Å². The smallest absolute Gasteiger partial charge is 0.408 e. The van der Waals surface area contributed by atoms with Crippen molar-refractivity contribution in [3.63, 3.8) is 0 Å². The fourth-order valence-electron chi connectivity index (χ4n) is 5.60. The number of ether oxygens (including phenoxy) is 2. The summed E-state index contributed by atoms with van der Waals surface area (Å²) < 4.78 is 12.4. The van der Waals surface area contributed by atoms with Gasteiger partial charge in [0.1, 0.15) is 23.0 Å². The SMILES string of the molecule is Cc1[nH]c2c(C3CC=CCC3)c(-c3ccccc3)nn2c(=O)c1-c1ccc(OC(=O)C(NC(=O)OC(C)(C)C)C(C)C)cc1. The van der Waals surface area contributed by atoms with Crippen LogP contribution in [0.3, 0.4) is 0 Å². The number of hydrogen-bond acceptors (Lipinski definition) is 6. The number of benzene rings is 2. The average molecular weight is 597 g/mol. The minimum atomic E-state index is -0.899. The second-order valence-electron chi connectivity index (χ2n) is 12.6. The van der Waals surface area contributed by atoms with Gasteiger partial charge in [-0.3, -0.25) is 4.79 Å². The van der Waals surface area contributed by atoms with E-state index in [1.165, 1.54) is 4.52 Å². The van der Waals surface area contributed by atoms with Crippen LogP contribution in [-0.2, 0) is 9.53 Å². The fraction of sp³-hybridized carbons (Fsp3) is 0.371. The zero-order valence-electron chi connectivity index (χ0n) is 26.1. The van der Waals surface area contributed by atoms with Crippen molar-refractivity contribution in [1.82, 2.24) is 19.9 Å². The largest absolute Gasteiger partial charge is 0.444 e. The Morgan fingerprint density at radius 2 is 1.73 bits per heavy atom. The number of H-pyrrole nitrogens is 1. The van der Waals surface area contributed by atoms with E-state index in [0.717, 1.165) is 47.4 Å². The highest BCUT2D eigenvalue weighted by atomic mass is 16.6. The Hall–Kier alpha value is -4.66. The molecule has 4 aromatic rings. The minimum Gasteiger partial charge on any atom is -0.444 e. The second kappa shape index (κ2) is 12.5. The lowest BCUT2D eigenvalue weighted by molar-refractivity contribution is -0.137. The van der Waals surface area contributed by atoms with Gasteiger partial charge < -0.3 is 19.8 Å². The number of alkyl carbamates (subject to hydrolysis) is 1. The van der Waals surface area contributed by atoms with Crippen LogP contribution in [0.5, 0.6) is 5.75 Å². The number of fused-ring (bicyclic) bond motifs is 1. The van der Waals surface area contributed by atoms with E-state index in [-0.39, 0.29) is 17.4 Å². The Kier molecular flexibility index (Phi) is 8.76. The predicted octanol–water partition coefficient (Wildman–Crippen LogP) is 6.94. The molecule has 0 aliphatic heterocycles. The molecule has 0 radical (unpaired) electrons. The van der Waals surface area contributed by atoms with Crippen LogP contribution in [0.15, 0.2) is 71.5 Å². The number of nitrogens with zero attached hydrogens (tertiary/aromatic N) is 2. The summed E-state index contributed by atoms with van der Waals surface area (Å²) in [6.07, 6.45) is 6.60. The quantitative estimate of drug-likeness (QED) is 0.136. The maximum Gasteiger partial charge on any atom is 0.408 e. The molecule has 0 fully saturated rings. The lowest BCUT2D eigenvalue weighted by atomic mass is 9.86. The molecule has 2 N–H and O–H groups in total. The first-order chi connectivity index (χ1) is 20.9. The third kappa shape index (κ3) is 6.61. The molecular formula is C35H40N4O5. The van der Waals surface area contributed by atoms with E-state index >= 15 is 0 Å². The molecule has 1 aliphatic carbocycles. The van der Waals surface area contributed by atoms with Crippen molar-refractivity contribution in [1.29, 1.82) is 0 Å². The van der Waals surface area contributed by atoms with Gasteiger partial charge >= 0.3 is 12.1 Å². The van der Waals surface area contributed by atoms with Crippen molar-refractivity contribution >= 4 is 17.7 Å². The van der Waals surface area contributed by atoms with E-state index in [1.54, 1.807) is 45.0 Å². The molecule has 9 nitrogen and oxygen atoms in total. The number of carbonyl (C=O) groups excluding carboxylic acids is 2. The number of aromatic nitrogens is 3. The van der Waals surface area contributed by atoms with E-state index in [2.05, 4.69) is 22.5 Å². The van der Waals surface area contributed by atoms with Gasteiger partial charge in [-0.1, -0.05) is 68.5 Å². The fourth-order valence-corrected chi connectivity index (χ4v) is 5.60. The van der Waals surface area contributed by atoms with E-state index in [0.29, 0.717) is 16.9 Å². The van der Waals surface area contributed by atoms with Crippen LogP contribution in [0.4, 0.5) is 4.79 Å². The molecule has 1 amide bonds. The Balaban J connectivity index is 1.45. The standard InChI is InChI=1S/C35H40N4O5/c1-21(2)29(37-34(42)44-35(4,5)6)33(41)43-26-19-17-24(18-20-26)27-22(3)36-31-28(23-13-9-7-10-14-23)30(38-39(31)32(27)40)25-15-11-8-12-16-25/h7-9,11-12,15-21,23,29,36H,10,13-14H2,1-6H3,(H,37,42). The molecule has 0 spiro atoms. The van der Waals surface area contributed by atoms with Crippen molar-refractivity contribution < 1.29 is 19.1 Å². The topological polar surface area (TPSA) is 115 Å². The highest BCUT2D eigenvalue weighted by Gasteiger charge is 2.29. The molecule has 0 saturated carbocycles. The van der Waals surface area contributed by atoms with Crippen LogP contribution in [0, 0.1) is 12.8 Å². The van der Waals surface area contributed by atoms with Crippen LogP contribution < -0.4 is 15.6 Å². The summed E-state index contributed by atoms with van der Waals surface area (Å²) in [5, 5.41) is 7.47. The van der Waals surface area contributed by atoms with Crippen molar-refractivity contribution in [2.24, 2.45) is 5.92 Å². The van der Waals surface area contributed by atoms with Crippen LogP contribution in [0.1, 0.15) is 71.1 Å². The summed E-state index contributed by atoms with van der Waals surface area (Å²) in [5.41, 5.74) is 4.53. The first-order valence-corrected chi connectivity index (χ1v) is 15.1. The van der Waals surface area contributed by atoms with Gasteiger partial charge in [0.25, 0.3) is 5.56 Å². The number of rotatable bonds is 7. The lowest BCUT2D eigenvalue weighted by Gasteiger charge is -2.24. The summed E-state index contributed by atoms with van der Waals surface area (Å²) in [4.78, 5) is 42.8. The van der Waals surface area contributed by atoms with Gasteiger partial charge in [-0.25, -0.2) is 9.59 Å². The van der Waals surface area contributed by atoms with E-state index < -0.39 is 23.7 Å². The van der Waals surface area contributed by atoms with Gasteiger partial charge in [-0.05, 0) is 76.5 Å². The highest BCUT2D eigenvalue weighted by molar-refractivity contribution is 5.83. The van der Waals surface area contributed by atoms with Gasteiger partial charge in [0, 0.05) is 16.8 Å². The Labute approximate surface area is 257 Å². The summed E-state index contributed by atoms with van der Waals surface area (Å²) >= 11 is 0. The number of aromatic amines is 1. The molecule has 44 heavy (non-hydrogen) atoms. The van der Waals surface area contributed by atoms with Crippen molar-refractivity contribution in [3.8, 4) is 28.1 Å². The Morgan fingerprint density at radius 3 is 2.34 bits per heavy atom. The Bertz CT molecular complexity index is 1740. The summed E-state index contributed by atoms with van der Waals surface area (Å²) in [6.45, 7) is 10.8. The third-order valence-electron chi connectivity index (χ3n) is 7.69. The predicted molar refractivity (Wildman–Crippen MR) is 171 cm³/mol. The number of hydrogen-bond donors (Lipinski definition) is 2. The number of allylic oxidation sites excluding steroid dienone is 2. The van der Waals surface area contributed by atoms with E-state index in [1.807, 2.05) is 51.1 Å². The lowest BCUT2D eigenvalue weighted by Crippen LogP contribution is -2.48. The van der Waals surface area contributed by atoms with E-state index in [4.69, 9.17) is 14.6 Å². The van der Waals surface area contributed by atoms with Gasteiger partial charge in [0.2, 0.25) is 0 Å². The minimum absolute atomic E-state index is 0.225. The van der Waals surface area contributed by atoms with Crippen molar-refractivity contribution in [2.75, 3.05) is 0 Å². The van der Waals surface area contributed by atoms with Crippen LogP contribution in [0.25, 0.3) is 28.0 Å². The molecule has 1 aliphatic rings. The first-order valence-electron chi connectivity index (χ1n) is 15.1. The van der Waals surface area contributed by atoms with E-state index in [9.17, 15) is 14.4 Å². The maximum atomic E-state index is 14.0. The van der Waals surface area contributed by atoms with Crippen LogP contribution in [-0.4, -0.2) is 38.3 Å². The second-order valence-corrected chi connectivity index (χ2v) is 12.6. The molecule has 2 atom stereocenters. The molecule has 0 bridgehead atoms. The highest BCUT2D eigenvalue weighted by Crippen LogP contribution is 2.38. The van der Waals surface area contributed by atoms with Crippen LogP contribution in [0.2, 0.25) is 0 Å². The zero-order chi connectivity index (χ0) is 31.6. The number of aryl methyl sites for hydroxylation is 1. The van der Waals surface area contributed by atoms with Crippen molar-refractivity contribution in [3.05, 3.63) is 88.4 Å². The van der Waals surface area contributed by atoms with Gasteiger partial charge in [0.15, 0.2) is 0 Å². The molecule has 2 heterocycles. The number of carbonyl (C=O) groups is 2. The third-order valence-corrected chi connectivity index (χ3v) is 7.69. The summed E-state index contributed by atoms with van der Waals surface area (Å²) in [7, 11) is 0. The number of esters is 1. The molecule has 230 valence electrons. The average Bonchev–Trinajstić information content (AvgIpc) is 3.36. The molecule has 0 saturated heterocycles. The zero-order valence-corrected chi connectivity index (χ0v) is 26.1. The molecular weight excluding hydrogens is 556 g/mol. The van der Waals surface area contributed by atoms with Crippen LogP contribution >= 0.6 is 0 Å². The Morgan fingerprint density at radius 1 is 1.02 bits per heavy atom. The van der Waals surface area contributed by atoms with Gasteiger partial charge in [-0.15, -0.1) is 0 Å². The molecule has 2 unspecified atom stereocenters. The van der Waals surface area contributed by atoms with Crippen molar-refractivity contribution in [2.45, 2.75) is 78.4 Å². The maximum absolute atomic E-state index is 14.0. The summed E-state index contributed by atoms with van der Waals surface area (Å²) in [6, 6.07) is 15.8. The monoisotopic (exact) mass is 596 g/mol. The number of nitrogens with one attached hydrogen (secondary N) is 2. The van der Waals surface area contributed by atoms with Gasteiger partial charge in [-0.2, -0.15) is 9.61 Å². The number of amides is 1. The molecule has 5 rings (SSSR count). The first kappa shape index (κ1) is 30.8.